The topological polar surface area (TPSA) is 60.4 Å². The highest BCUT2D eigenvalue weighted by atomic mass is 127. The van der Waals surface area contributed by atoms with E-state index in [2.05, 4.69) is 57.3 Å². The summed E-state index contributed by atoms with van der Waals surface area (Å²) in [6.07, 6.45) is 1.67. The Morgan fingerprint density at radius 3 is 2.32 bits per heavy atom. The van der Waals surface area contributed by atoms with Crippen molar-refractivity contribution in [3.63, 3.8) is 0 Å². The van der Waals surface area contributed by atoms with Gasteiger partial charge in [0, 0.05) is 58.9 Å². The average Bonchev–Trinajstić information content (AvgIpc) is 2.80. The van der Waals surface area contributed by atoms with Crippen molar-refractivity contribution in [2.45, 2.75) is 26.3 Å². The van der Waals surface area contributed by atoms with Crippen LogP contribution in [-0.4, -0.2) is 92.6 Å². The quantitative estimate of drug-likeness (QED) is 0.247. The molecule has 2 aliphatic heterocycles. The van der Waals surface area contributed by atoms with Crippen molar-refractivity contribution in [2.75, 3.05) is 66.0 Å². The molecule has 2 fully saturated rings. The predicted molar refractivity (Wildman–Crippen MR) is 136 cm³/mol. The van der Waals surface area contributed by atoms with E-state index in [1.807, 2.05) is 0 Å². The predicted octanol–water partition coefficient (Wildman–Crippen LogP) is 2.27. The number of piperidine rings is 1. The van der Waals surface area contributed by atoms with Crippen LogP contribution in [-0.2, 0) is 16.1 Å². The number of hydrogen-bond acceptors (Lipinski definition) is 5. The molecule has 0 aromatic heterocycles. The van der Waals surface area contributed by atoms with Crippen LogP contribution in [0.25, 0.3) is 0 Å². The normalized spacial score (nSPS) is 19.0. The number of piperazine rings is 1. The van der Waals surface area contributed by atoms with Gasteiger partial charge in [-0.05, 0) is 25.3 Å². The summed E-state index contributed by atoms with van der Waals surface area (Å²) in [6, 6.07) is 10.7. The lowest BCUT2D eigenvalue weighted by Gasteiger charge is -2.35. The standard InChI is InChI=1S/C23H37N5O2.HI/c1-3-24-23(28-12-9-21(10-13-28)22(29)30-2)25-11-14-26-15-17-27(18-16-26)19-20-7-5-4-6-8-20;/h4-8,21H,3,9-19H2,1-2H3,(H,24,25);1H. The molecule has 0 unspecified atom stereocenters. The summed E-state index contributed by atoms with van der Waals surface area (Å²) in [6.45, 7) is 11.9. The molecule has 1 aromatic carbocycles. The van der Waals surface area contributed by atoms with Gasteiger partial charge in [0.15, 0.2) is 5.96 Å². The van der Waals surface area contributed by atoms with Crippen molar-refractivity contribution < 1.29 is 9.53 Å². The number of hydrogen-bond donors (Lipinski definition) is 1. The Morgan fingerprint density at radius 1 is 1.06 bits per heavy atom. The fourth-order valence-corrected chi connectivity index (χ4v) is 4.23. The minimum Gasteiger partial charge on any atom is -0.469 e. The molecule has 2 aliphatic rings. The molecule has 0 saturated carbocycles. The van der Waals surface area contributed by atoms with Gasteiger partial charge < -0.3 is 15.0 Å². The first-order valence-corrected chi connectivity index (χ1v) is 11.3. The van der Waals surface area contributed by atoms with E-state index >= 15 is 0 Å². The van der Waals surface area contributed by atoms with Gasteiger partial charge in [0.1, 0.15) is 0 Å². The van der Waals surface area contributed by atoms with Crippen LogP contribution in [0.2, 0.25) is 0 Å². The second kappa shape index (κ2) is 13.9. The number of guanidine groups is 1. The van der Waals surface area contributed by atoms with Gasteiger partial charge in [-0.2, -0.15) is 0 Å². The van der Waals surface area contributed by atoms with E-state index in [1.165, 1.54) is 12.7 Å². The number of aliphatic imine (C=N–C) groups is 1. The maximum absolute atomic E-state index is 11.7. The number of methoxy groups -OCH3 is 1. The Balaban J connectivity index is 0.00000341. The number of rotatable bonds is 7. The molecule has 1 aromatic rings. The van der Waals surface area contributed by atoms with Crippen LogP contribution >= 0.6 is 24.0 Å². The molecule has 174 valence electrons. The minimum absolute atomic E-state index is 0. The lowest BCUT2D eigenvalue weighted by Crippen LogP contribution is -2.48. The first kappa shape index (κ1) is 25.9. The highest BCUT2D eigenvalue weighted by Gasteiger charge is 2.27. The maximum atomic E-state index is 11.7. The Bertz CT molecular complexity index is 672. The van der Waals surface area contributed by atoms with Crippen LogP contribution in [0.15, 0.2) is 35.3 Å². The molecule has 0 radical (unpaired) electrons. The Morgan fingerprint density at radius 2 is 1.71 bits per heavy atom. The maximum Gasteiger partial charge on any atom is 0.308 e. The van der Waals surface area contributed by atoms with Gasteiger partial charge >= 0.3 is 5.97 Å². The summed E-state index contributed by atoms with van der Waals surface area (Å²) >= 11 is 0. The first-order valence-electron chi connectivity index (χ1n) is 11.3. The molecule has 0 spiro atoms. The third-order valence-corrected chi connectivity index (χ3v) is 6.06. The summed E-state index contributed by atoms with van der Waals surface area (Å²) in [5, 5.41) is 3.42. The second-order valence-electron chi connectivity index (χ2n) is 8.12. The minimum atomic E-state index is -0.0806. The Labute approximate surface area is 204 Å². The van der Waals surface area contributed by atoms with Gasteiger partial charge in [0.2, 0.25) is 0 Å². The van der Waals surface area contributed by atoms with Crippen molar-refractivity contribution in [2.24, 2.45) is 10.9 Å². The number of carbonyl (C=O) groups excluding carboxylic acids is 1. The number of halogens is 1. The smallest absolute Gasteiger partial charge is 0.308 e. The van der Waals surface area contributed by atoms with Crippen molar-refractivity contribution in [3.8, 4) is 0 Å². The lowest BCUT2D eigenvalue weighted by atomic mass is 9.97. The number of carbonyl (C=O) groups is 1. The zero-order chi connectivity index (χ0) is 21.2. The van der Waals surface area contributed by atoms with Gasteiger partial charge in [-0.25, -0.2) is 0 Å². The molecule has 0 aliphatic carbocycles. The van der Waals surface area contributed by atoms with E-state index in [1.54, 1.807) is 0 Å². The molecule has 3 rings (SSSR count). The largest absolute Gasteiger partial charge is 0.469 e. The zero-order valence-electron chi connectivity index (χ0n) is 19.0. The molecule has 1 N–H and O–H groups in total. The number of esters is 1. The van der Waals surface area contributed by atoms with Gasteiger partial charge in [0.25, 0.3) is 0 Å². The summed E-state index contributed by atoms with van der Waals surface area (Å²) in [4.78, 5) is 23.9. The van der Waals surface area contributed by atoms with Crippen molar-refractivity contribution in [3.05, 3.63) is 35.9 Å². The second-order valence-corrected chi connectivity index (χ2v) is 8.12. The lowest BCUT2D eigenvalue weighted by molar-refractivity contribution is -0.146. The number of nitrogens with zero attached hydrogens (tertiary/aromatic N) is 4. The first-order chi connectivity index (χ1) is 14.7. The van der Waals surface area contributed by atoms with Crippen LogP contribution < -0.4 is 5.32 Å². The molecule has 0 amide bonds. The van der Waals surface area contributed by atoms with E-state index in [0.717, 1.165) is 84.2 Å². The van der Waals surface area contributed by atoms with Crippen LogP contribution in [0.3, 0.4) is 0 Å². The van der Waals surface area contributed by atoms with E-state index < -0.39 is 0 Å². The number of benzene rings is 1. The summed E-state index contributed by atoms with van der Waals surface area (Å²) in [7, 11) is 1.47. The van der Waals surface area contributed by atoms with Crippen LogP contribution in [0.1, 0.15) is 25.3 Å². The summed E-state index contributed by atoms with van der Waals surface area (Å²) in [5.41, 5.74) is 1.39. The average molecular weight is 543 g/mol. The van der Waals surface area contributed by atoms with E-state index in [4.69, 9.17) is 9.73 Å². The Hall–Kier alpha value is -1.39. The van der Waals surface area contributed by atoms with Gasteiger partial charge in [-0.1, -0.05) is 30.3 Å². The van der Waals surface area contributed by atoms with Crippen molar-refractivity contribution in [1.82, 2.24) is 20.0 Å². The van der Waals surface area contributed by atoms with Gasteiger partial charge in [0.05, 0.1) is 19.6 Å². The molecular weight excluding hydrogens is 505 g/mol. The molecule has 31 heavy (non-hydrogen) atoms. The van der Waals surface area contributed by atoms with E-state index in [-0.39, 0.29) is 35.9 Å². The van der Waals surface area contributed by atoms with Crippen LogP contribution in [0.5, 0.6) is 0 Å². The number of ether oxygens (including phenoxy) is 1. The molecule has 7 nitrogen and oxygen atoms in total. The molecule has 0 atom stereocenters. The fourth-order valence-electron chi connectivity index (χ4n) is 4.23. The SMILES string of the molecule is CCNC(=NCCN1CCN(Cc2ccccc2)CC1)N1CCC(C(=O)OC)CC1.I. The molecule has 8 heteroatoms. The summed E-state index contributed by atoms with van der Waals surface area (Å²) in [5.74, 6) is 0.924. The third-order valence-electron chi connectivity index (χ3n) is 6.06. The fraction of sp³-hybridized carbons (Fsp3) is 0.652. The van der Waals surface area contributed by atoms with Crippen LogP contribution in [0, 0.1) is 5.92 Å². The molecular formula is C23H38IN5O2. The van der Waals surface area contributed by atoms with Crippen LogP contribution in [0.4, 0.5) is 0 Å². The third kappa shape index (κ3) is 8.23. The monoisotopic (exact) mass is 543 g/mol. The van der Waals surface area contributed by atoms with Gasteiger partial charge in [-0.15, -0.1) is 24.0 Å². The van der Waals surface area contributed by atoms with E-state index in [9.17, 15) is 4.79 Å². The van der Waals surface area contributed by atoms with Crippen molar-refractivity contribution in [1.29, 1.82) is 0 Å². The summed E-state index contributed by atoms with van der Waals surface area (Å²) < 4.78 is 4.89. The molecule has 0 bridgehead atoms. The zero-order valence-corrected chi connectivity index (χ0v) is 21.3. The highest BCUT2D eigenvalue weighted by molar-refractivity contribution is 14.0. The van der Waals surface area contributed by atoms with Gasteiger partial charge in [-0.3, -0.25) is 19.6 Å². The molecule has 2 saturated heterocycles. The number of likely N-dealkylation sites (tertiary alicyclic amines) is 1. The Kier molecular flexibility index (Phi) is 11.6. The van der Waals surface area contributed by atoms with Crippen molar-refractivity contribution >= 4 is 35.9 Å². The molecule has 2 heterocycles. The number of nitrogens with one attached hydrogen (secondary N) is 1. The van der Waals surface area contributed by atoms with E-state index in [0.29, 0.717) is 0 Å². The highest BCUT2D eigenvalue weighted by Crippen LogP contribution is 2.18.